The molecule has 0 saturated carbocycles. The van der Waals surface area contributed by atoms with E-state index in [9.17, 15) is 9.59 Å². The number of piperidine rings is 1. The lowest BCUT2D eigenvalue weighted by atomic mass is 9.87. The molecular formula is C25H32N4O3. The molecular weight excluding hydrogens is 404 g/mol. The molecule has 32 heavy (non-hydrogen) atoms. The van der Waals surface area contributed by atoms with Crippen molar-refractivity contribution >= 4 is 22.8 Å². The Morgan fingerprint density at radius 3 is 2.75 bits per heavy atom. The van der Waals surface area contributed by atoms with Crippen LogP contribution in [0.15, 0.2) is 41.1 Å². The van der Waals surface area contributed by atoms with E-state index < -0.39 is 0 Å². The lowest BCUT2D eigenvalue weighted by Gasteiger charge is -2.33. The van der Waals surface area contributed by atoms with E-state index in [2.05, 4.69) is 31.1 Å². The SMILES string of the molecule is CC(C)c1cc(C2CCCN(C(=O)CCn3cccn3)C2)cc2cc(C(=O)N(C)C)oc12. The summed E-state index contributed by atoms with van der Waals surface area (Å²) in [5, 5.41) is 5.14. The maximum absolute atomic E-state index is 12.8. The number of hydrogen-bond donors (Lipinski definition) is 0. The number of carbonyl (C=O) groups is 2. The molecule has 1 atom stereocenters. The van der Waals surface area contributed by atoms with E-state index >= 15 is 0 Å². The van der Waals surface area contributed by atoms with Gasteiger partial charge in [0.1, 0.15) is 5.58 Å². The number of fused-ring (bicyclic) bond motifs is 1. The van der Waals surface area contributed by atoms with Crippen LogP contribution in [0.3, 0.4) is 0 Å². The fourth-order valence-corrected chi connectivity index (χ4v) is 4.47. The first-order valence-corrected chi connectivity index (χ1v) is 11.4. The molecule has 0 spiro atoms. The van der Waals surface area contributed by atoms with Gasteiger partial charge in [0.05, 0.1) is 0 Å². The van der Waals surface area contributed by atoms with Crippen LogP contribution in [0.5, 0.6) is 0 Å². The highest BCUT2D eigenvalue weighted by Gasteiger charge is 2.26. The fraction of sp³-hybridized carbons (Fsp3) is 0.480. The number of aromatic nitrogens is 2. The van der Waals surface area contributed by atoms with Crippen LogP contribution in [-0.4, -0.2) is 58.6 Å². The van der Waals surface area contributed by atoms with Gasteiger partial charge in [0, 0.05) is 63.8 Å². The van der Waals surface area contributed by atoms with Gasteiger partial charge in [0.15, 0.2) is 5.76 Å². The van der Waals surface area contributed by atoms with Crippen molar-refractivity contribution in [3.63, 3.8) is 0 Å². The number of carbonyl (C=O) groups excluding carboxylic acids is 2. The summed E-state index contributed by atoms with van der Waals surface area (Å²) in [5.41, 5.74) is 3.12. The van der Waals surface area contributed by atoms with E-state index in [1.807, 2.05) is 23.2 Å². The molecule has 1 saturated heterocycles. The van der Waals surface area contributed by atoms with Gasteiger partial charge in [-0.2, -0.15) is 5.10 Å². The van der Waals surface area contributed by atoms with Gasteiger partial charge in [-0.1, -0.05) is 19.9 Å². The first-order chi connectivity index (χ1) is 15.3. The topological polar surface area (TPSA) is 71.6 Å². The van der Waals surface area contributed by atoms with Crippen LogP contribution < -0.4 is 0 Å². The second-order valence-electron chi connectivity index (χ2n) is 9.19. The van der Waals surface area contributed by atoms with Crippen LogP contribution in [-0.2, 0) is 11.3 Å². The lowest BCUT2D eigenvalue weighted by molar-refractivity contribution is -0.132. The molecule has 2 aromatic heterocycles. The smallest absolute Gasteiger partial charge is 0.289 e. The van der Waals surface area contributed by atoms with Gasteiger partial charge in [0.2, 0.25) is 5.91 Å². The van der Waals surface area contributed by atoms with Crippen molar-refractivity contribution in [3.05, 3.63) is 53.5 Å². The number of benzene rings is 1. The summed E-state index contributed by atoms with van der Waals surface area (Å²) in [7, 11) is 3.45. The minimum atomic E-state index is -0.135. The maximum atomic E-state index is 12.8. The highest BCUT2D eigenvalue weighted by Crippen LogP contribution is 2.35. The Kier molecular flexibility index (Phi) is 6.35. The second kappa shape index (κ2) is 9.18. The van der Waals surface area contributed by atoms with Crippen LogP contribution in [0.25, 0.3) is 11.0 Å². The third-order valence-electron chi connectivity index (χ3n) is 6.27. The molecule has 2 amide bonds. The van der Waals surface area contributed by atoms with Crippen LogP contribution in [0.2, 0.25) is 0 Å². The molecule has 3 heterocycles. The molecule has 1 aliphatic heterocycles. The number of rotatable bonds is 6. The van der Waals surface area contributed by atoms with E-state index in [4.69, 9.17) is 4.42 Å². The summed E-state index contributed by atoms with van der Waals surface area (Å²) in [5.74, 6) is 0.952. The zero-order valence-electron chi connectivity index (χ0n) is 19.4. The van der Waals surface area contributed by atoms with Gasteiger partial charge in [0.25, 0.3) is 5.91 Å². The summed E-state index contributed by atoms with van der Waals surface area (Å²) < 4.78 is 7.79. The molecule has 1 unspecified atom stereocenters. The average molecular weight is 437 g/mol. The minimum Gasteiger partial charge on any atom is -0.451 e. The lowest BCUT2D eigenvalue weighted by Crippen LogP contribution is -2.39. The van der Waals surface area contributed by atoms with Crippen molar-refractivity contribution in [2.45, 2.75) is 51.5 Å². The van der Waals surface area contributed by atoms with Crippen LogP contribution in [0.1, 0.15) is 66.6 Å². The summed E-state index contributed by atoms with van der Waals surface area (Å²) >= 11 is 0. The number of nitrogens with zero attached hydrogens (tertiary/aromatic N) is 4. The maximum Gasteiger partial charge on any atom is 0.289 e. The van der Waals surface area contributed by atoms with E-state index in [0.717, 1.165) is 42.5 Å². The molecule has 7 nitrogen and oxygen atoms in total. The number of furan rings is 1. The molecule has 1 aromatic carbocycles. The zero-order chi connectivity index (χ0) is 22.8. The highest BCUT2D eigenvalue weighted by molar-refractivity contribution is 5.96. The Hall–Kier alpha value is -3.09. The number of hydrogen-bond acceptors (Lipinski definition) is 4. The Morgan fingerprint density at radius 1 is 1.25 bits per heavy atom. The first kappa shape index (κ1) is 22.1. The third kappa shape index (κ3) is 4.56. The van der Waals surface area contributed by atoms with Gasteiger partial charge in [-0.3, -0.25) is 14.3 Å². The molecule has 0 radical (unpaired) electrons. The van der Waals surface area contributed by atoms with Crippen molar-refractivity contribution in [2.75, 3.05) is 27.2 Å². The third-order valence-corrected chi connectivity index (χ3v) is 6.27. The molecule has 4 rings (SSSR count). The van der Waals surface area contributed by atoms with Gasteiger partial charge < -0.3 is 14.2 Å². The largest absolute Gasteiger partial charge is 0.451 e. The van der Waals surface area contributed by atoms with Gasteiger partial charge >= 0.3 is 0 Å². The molecule has 0 bridgehead atoms. The fourth-order valence-electron chi connectivity index (χ4n) is 4.47. The standard InChI is InChI=1S/C25H32N4O3/c1-17(2)21-14-19(13-20-15-22(32-24(20)21)25(31)27(3)4)18-7-5-10-28(16-18)23(30)8-12-29-11-6-9-26-29/h6,9,11,13-15,17-18H,5,7-8,10,12,16H2,1-4H3. The van der Waals surface area contributed by atoms with E-state index in [1.54, 1.807) is 25.0 Å². The monoisotopic (exact) mass is 436 g/mol. The van der Waals surface area contributed by atoms with Gasteiger partial charge in [-0.25, -0.2) is 0 Å². The van der Waals surface area contributed by atoms with Crippen LogP contribution >= 0.6 is 0 Å². The molecule has 0 N–H and O–H groups in total. The van der Waals surface area contributed by atoms with Crippen molar-refractivity contribution in [2.24, 2.45) is 0 Å². The summed E-state index contributed by atoms with van der Waals surface area (Å²) in [4.78, 5) is 28.8. The molecule has 1 fully saturated rings. The van der Waals surface area contributed by atoms with Crippen molar-refractivity contribution < 1.29 is 14.0 Å². The molecule has 3 aromatic rings. The Labute approximate surface area is 189 Å². The van der Waals surface area contributed by atoms with Crippen molar-refractivity contribution in [1.82, 2.24) is 19.6 Å². The number of aryl methyl sites for hydroxylation is 1. The van der Waals surface area contributed by atoms with E-state index in [-0.39, 0.29) is 23.7 Å². The zero-order valence-corrected chi connectivity index (χ0v) is 19.4. The normalized spacial score (nSPS) is 16.7. The second-order valence-corrected chi connectivity index (χ2v) is 9.19. The average Bonchev–Trinajstić information content (AvgIpc) is 3.45. The van der Waals surface area contributed by atoms with Crippen LogP contribution in [0.4, 0.5) is 0 Å². The first-order valence-electron chi connectivity index (χ1n) is 11.4. The van der Waals surface area contributed by atoms with E-state index in [1.165, 1.54) is 10.5 Å². The van der Waals surface area contributed by atoms with Gasteiger partial charge in [-0.15, -0.1) is 0 Å². The Balaban J connectivity index is 1.56. The number of likely N-dealkylation sites (tertiary alicyclic amines) is 1. The van der Waals surface area contributed by atoms with Gasteiger partial charge in [-0.05, 0) is 48.1 Å². The predicted molar refractivity (Wildman–Crippen MR) is 124 cm³/mol. The van der Waals surface area contributed by atoms with Crippen molar-refractivity contribution in [3.8, 4) is 0 Å². The molecule has 7 heteroatoms. The Bertz CT molecular complexity index is 1100. The summed E-state index contributed by atoms with van der Waals surface area (Å²) in [6.07, 6.45) is 6.12. The summed E-state index contributed by atoms with van der Waals surface area (Å²) in [6.45, 7) is 6.42. The Morgan fingerprint density at radius 2 is 2.06 bits per heavy atom. The molecule has 1 aliphatic rings. The molecule has 170 valence electrons. The minimum absolute atomic E-state index is 0.135. The van der Waals surface area contributed by atoms with Crippen LogP contribution in [0, 0.1) is 0 Å². The molecule has 0 aliphatic carbocycles. The van der Waals surface area contributed by atoms with Crippen molar-refractivity contribution in [1.29, 1.82) is 0 Å². The highest BCUT2D eigenvalue weighted by atomic mass is 16.3. The van der Waals surface area contributed by atoms with E-state index in [0.29, 0.717) is 18.7 Å². The predicted octanol–water partition coefficient (Wildman–Crippen LogP) is 4.25. The number of amides is 2. The quantitative estimate of drug-likeness (QED) is 0.579. The summed E-state index contributed by atoms with van der Waals surface area (Å²) in [6, 6.07) is 8.07.